The van der Waals surface area contributed by atoms with Crippen LogP contribution in [0.1, 0.15) is 25.2 Å². The fourth-order valence-electron chi connectivity index (χ4n) is 2.16. The van der Waals surface area contributed by atoms with Crippen LogP contribution in [0, 0.1) is 6.92 Å². The van der Waals surface area contributed by atoms with Crippen LogP contribution in [0.5, 0.6) is 0 Å². The Hall–Kier alpha value is -1.27. The molecular formula is C12H18N4OS. The highest BCUT2D eigenvalue weighted by Crippen LogP contribution is 2.17. The molecule has 1 aliphatic rings. The maximum atomic E-state index is 5.70. The van der Waals surface area contributed by atoms with Crippen molar-refractivity contribution in [3.63, 3.8) is 0 Å². The fourth-order valence-corrected chi connectivity index (χ4v) is 2.27. The summed E-state index contributed by atoms with van der Waals surface area (Å²) in [6.07, 6.45) is 0.345. The van der Waals surface area contributed by atoms with E-state index in [0.29, 0.717) is 16.6 Å². The number of morpholine rings is 1. The van der Waals surface area contributed by atoms with E-state index in [1.807, 2.05) is 20.8 Å². The van der Waals surface area contributed by atoms with Crippen molar-refractivity contribution >= 4 is 23.2 Å². The highest BCUT2D eigenvalue weighted by Gasteiger charge is 2.24. The molecule has 18 heavy (non-hydrogen) atoms. The predicted molar refractivity (Wildman–Crippen MR) is 74.9 cm³/mol. The third kappa shape index (κ3) is 2.94. The van der Waals surface area contributed by atoms with Gasteiger partial charge in [0.15, 0.2) is 0 Å². The summed E-state index contributed by atoms with van der Waals surface area (Å²) in [5, 5.41) is 0. The largest absolute Gasteiger partial charge is 0.388 e. The molecule has 1 aromatic rings. The minimum absolute atomic E-state index is 0.172. The second kappa shape index (κ2) is 5.16. The first-order chi connectivity index (χ1) is 8.45. The zero-order chi connectivity index (χ0) is 13.3. The topological polar surface area (TPSA) is 64.3 Å². The molecule has 0 aromatic carbocycles. The molecule has 1 saturated heterocycles. The average Bonchev–Trinajstić information content (AvgIpc) is 2.26. The number of hydrogen-bond acceptors (Lipinski definition) is 5. The van der Waals surface area contributed by atoms with Crippen LogP contribution in [0.4, 0.5) is 5.95 Å². The zero-order valence-corrected chi connectivity index (χ0v) is 11.7. The third-order valence-electron chi connectivity index (χ3n) is 2.80. The van der Waals surface area contributed by atoms with Gasteiger partial charge < -0.3 is 15.4 Å². The molecule has 0 radical (unpaired) electrons. The van der Waals surface area contributed by atoms with Gasteiger partial charge >= 0.3 is 0 Å². The van der Waals surface area contributed by atoms with Crippen molar-refractivity contribution in [1.82, 2.24) is 9.97 Å². The lowest BCUT2D eigenvalue weighted by atomic mass is 10.2. The molecule has 6 heteroatoms. The zero-order valence-electron chi connectivity index (χ0n) is 10.9. The van der Waals surface area contributed by atoms with Gasteiger partial charge in [-0.25, -0.2) is 9.97 Å². The van der Waals surface area contributed by atoms with Crippen LogP contribution >= 0.6 is 12.2 Å². The lowest BCUT2D eigenvalue weighted by Crippen LogP contribution is -2.46. The predicted octanol–water partition coefficient (Wildman–Crippen LogP) is 1.03. The van der Waals surface area contributed by atoms with Crippen LogP contribution in [0.3, 0.4) is 0 Å². The Kier molecular flexibility index (Phi) is 3.77. The van der Waals surface area contributed by atoms with Gasteiger partial charge in [-0.1, -0.05) is 12.2 Å². The Balaban J connectivity index is 2.29. The first-order valence-electron chi connectivity index (χ1n) is 6.01. The van der Waals surface area contributed by atoms with Crippen molar-refractivity contribution in [2.75, 3.05) is 18.0 Å². The quantitative estimate of drug-likeness (QED) is 0.807. The van der Waals surface area contributed by atoms with E-state index < -0.39 is 0 Å². The summed E-state index contributed by atoms with van der Waals surface area (Å²) in [6.45, 7) is 7.58. The molecule has 98 valence electrons. The molecule has 0 spiro atoms. The number of aryl methyl sites for hydroxylation is 1. The number of aromatic nitrogens is 2. The summed E-state index contributed by atoms with van der Waals surface area (Å²) < 4.78 is 5.70. The van der Waals surface area contributed by atoms with Gasteiger partial charge in [-0.2, -0.15) is 0 Å². The molecule has 1 aliphatic heterocycles. The molecule has 0 saturated carbocycles. The summed E-state index contributed by atoms with van der Waals surface area (Å²) >= 11 is 4.97. The first kappa shape index (κ1) is 13.2. The maximum Gasteiger partial charge on any atom is 0.226 e. The SMILES string of the molecule is Cc1cc(C(N)=S)nc(N2CC(C)OC(C)C2)n1. The molecular weight excluding hydrogens is 248 g/mol. The lowest BCUT2D eigenvalue weighted by Gasteiger charge is -2.35. The third-order valence-corrected chi connectivity index (χ3v) is 3.01. The molecule has 2 rings (SSSR count). The summed E-state index contributed by atoms with van der Waals surface area (Å²) in [4.78, 5) is 11.3. The summed E-state index contributed by atoms with van der Waals surface area (Å²) in [5.74, 6) is 0.680. The normalized spacial score (nSPS) is 24.1. The van der Waals surface area contributed by atoms with E-state index in [4.69, 9.17) is 22.7 Å². The summed E-state index contributed by atoms with van der Waals surface area (Å²) in [7, 11) is 0. The summed E-state index contributed by atoms with van der Waals surface area (Å²) in [5.41, 5.74) is 7.13. The van der Waals surface area contributed by atoms with Gasteiger partial charge in [0.1, 0.15) is 10.7 Å². The highest BCUT2D eigenvalue weighted by molar-refractivity contribution is 7.80. The van der Waals surface area contributed by atoms with Gasteiger partial charge in [-0.15, -0.1) is 0 Å². The Morgan fingerprint density at radius 3 is 2.56 bits per heavy atom. The number of ether oxygens (including phenoxy) is 1. The van der Waals surface area contributed by atoms with E-state index in [1.165, 1.54) is 0 Å². The average molecular weight is 266 g/mol. The molecule has 0 bridgehead atoms. The van der Waals surface area contributed by atoms with Gasteiger partial charge in [0, 0.05) is 18.8 Å². The van der Waals surface area contributed by atoms with Gasteiger partial charge in [-0.3, -0.25) is 0 Å². The van der Waals surface area contributed by atoms with E-state index in [9.17, 15) is 0 Å². The number of anilines is 1. The van der Waals surface area contributed by atoms with Gasteiger partial charge in [0.05, 0.1) is 12.2 Å². The number of hydrogen-bond donors (Lipinski definition) is 1. The smallest absolute Gasteiger partial charge is 0.226 e. The Bertz CT molecular complexity index is 455. The van der Waals surface area contributed by atoms with Crippen molar-refractivity contribution in [3.8, 4) is 0 Å². The number of nitrogens with two attached hydrogens (primary N) is 1. The highest BCUT2D eigenvalue weighted by atomic mass is 32.1. The lowest BCUT2D eigenvalue weighted by molar-refractivity contribution is -0.00573. The molecule has 2 unspecified atom stereocenters. The van der Waals surface area contributed by atoms with Crippen molar-refractivity contribution in [1.29, 1.82) is 0 Å². The molecule has 1 aromatic heterocycles. The van der Waals surface area contributed by atoms with E-state index in [1.54, 1.807) is 6.07 Å². The first-order valence-corrected chi connectivity index (χ1v) is 6.42. The Morgan fingerprint density at radius 2 is 2.00 bits per heavy atom. The minimum atomic E-state index is 0.172. The van der Waals surface area contributed by atoms with Crippen LogP contribution in [-0.4, -0.2) is 40.3 Å². The molecule has 5 nitrogen and oxygen atoms in total. The van der Waals surface area contributed by atoms with Crippen molar-refractivity contribution < 1.29 is 4.74 Å². The van der Waals surface area contributed by atoms with Crippen molar-refractivity contribution in [2.24, 2.45) is 5.73 Å². The number of rotatable bonds is 2. The van der Waals surface area contributed by atoms with Crippen LogP contribution in [0.15, 0.2) is 6.07 Å². The fraction of sp³-hybridized carbons (Fsp3) is 0.583. The van der Waals surface area contributed by atoms with Crippen molar-refractivity contribution in [3.05, 3.63) is 17.5 Å². The van der Waals surface area contributed by atoms with Gasteiger partial charge in [0.25, 0.3) is 0 Å². The van der Waals surface area contributed by atoms with Gasteiger partial charge in [0.2, 0.25) is 5.95 Å². The van der Waals surface area contributed by atoms with Crippen LogP contribution < -0.4 is 10.6 Å². The number of thiocarbonyl (C=S) groups is 1. The second-order valence-electron chi connectivity index (χ2n) is 4.72. The molecule has 2 N–H and O–H groups in total. The molecule has 1 fully saturated rings. The van der Waals surface area contributed by atoms with Crippen LogP contribution in [-0.2, 0) is 4.74 Å². The number of nitrogens with zero attached hydrogens (tertiary/aromatic N) is 3. The summed E-state index contributed by atoms with van der Waals surface area (Å²) in [6, 6.07) is 1.80. The molecule has 0 aliphatic carbocycles. The molecule has 2 atom stereocenters. The monoisotopic (exact) mass is 266 g/mol. The van der Waals surface area contributed by atoms with Crippen LogP contribution in [0.25, 0.3) is 0 Å². The molecule has 0 amide bonds. The van der Waals surface area contributed by atoms with Crippen LogP contribution in [0.2, 0.25) is 0 Å². The Labute approximate surface area is 112 Å². The molecule has 2 heterocycles. The maximum absolute atomic E-state index is 5.70. The standard InChI is InChI=1S/C12H18N4OS/c1-7-4-10(11(13)18)15-12(14-7)16-5-8(2)17-9(3)6-16/h4,8-9H,5-6H2,1-3H3,(H2,13,18). The van der Waals surface area contributed by atoms with E-state index >= 15 is 0 Å². The van der Waals surface area contributed by atoms with Crippen molar-refractivity contribution in [2.45, 2.75) is 33.0 Å². The van der Waals surface area contributed by atoms with E-state index in [0.717, 1.165) is 18.8 Å². The second-order valence-corrected chi connectivity index (χ2v) is 5.16. The minimum Gasteiger partial charge on any atom is -0.388 e. The van der Waals surface area contributed by atoms with E-state index in [2.05, 4.69) is 14.9 Å². The van der Waals surface area contributed by atoms with Gasteiger partial charge in [-0.05, 0) is 26.8 Å². The Morgan fingerprint density at radius 1 is 1.39 bits per heavy atom. The van der Waals surface area contributed by atoms with E-state index in [-0.39, 0.29) is 12.2 Å².